The summed E-state index contributed by atoms with van der Waals surface area (Å²) in [6, 6.07) is 14.3. The van der Waals surface area contributed by atoms with Crippen LogP contribution >= 0.6 is 15.9 Å². The van der Waals surface area contributed by atoms with Crippen molar-refractivity contribution in [2.75, 3.05) is 0 Å². The number of carbonyl (C=O) groups is 1. The van der Waals surface area contributed by atoms with Gasteiger partial charge in [-0.05, 0) is 48.2 Å². The molecule has 102 valence electrons. The molecule has 0 saturated heterocycles. The quantitative estimate of drug-likeness (QED) is 0.776. The highest BCUT2D eigenvalue weighted by Crippen LogP contribution is 2.28. The molecule has 20 heavy (non-hydrogen) atoms. The van der Waals surface area contributed by atoms with Crippen LogP contribution in [0.25, 0.3) is 5.57 Å². The Morgan fingerprint density at radius 2 is 1.80 bits per heavy atom. The molecule has 0 fully saturated rings. The SMILES string of the molecule is C=C(c1ccc(C)cc1)c1cc(Br)ccc1CC(C)=O. The summed E-state index contributed by atoms with van der Waals surface area (Å²) < 4.78 is 0.994. The smallest absolute Gasteiger partial charge is 0.134 e. The Hall–Kier alpha value is -1.67. The molecule has 0 saturated carbocycles. The van der Waals surface area contributed by atoms with Crippen molar-refractivity contribution in [1.82, 2.24) is 0 Å². The van der Waals surface area contributed by atoms with Crippen LogP contribution in [0.15, 0.2) is 53.5 Å². The van der Waals surface area contributed by atoms with E-state index in [0.717, 1.165) is 26.7 Å². The van der Waals surface area contributed by atoms with Gasteiger partial charge in [-0.15, -0.1) is 0 Å². The molecule has 0 heterocycles. The summed E-state index contributed by atoms with van der Waals surface area (Å²) in [7, 11) is 0. The maximum absolute atomic E-state index is 11.4. The number of hydrogen-bond donors (Lipinski definition) is 0. The second kappa shape index (κ2) is 6.19. The third kappa shape index (κ3) is 3.45. The van der Waals surface area contributed by atoms with Crippen LogP contribution in [-0.4, -0.2) is 5.78 Å². The molecule has 0 aliphatic heterocycles. The number of rotatable bonds is 4. The van der Waals surface area contributed by atoms with Gasteiger partial charge >= 0.3 is 0 Å². The Kier molecular flexibility index (Phi) is 4.56. The average molecular weight is 329 g/mol. The van der Waals surface area contributed by atoms with Crippen LogP contribution in [0.2, 0.25) is 0 Å². The van der Waals surface area contributed by atoms with Gasteiger partial charge in [-0.3, -0.25) is 4.79 Å². The minimum absolute atomic E-state index is 0.158. The number of carbonyl (C=O) groups excluding carboxylic acids is 1. The van der Waals surface area contributed by atoms with Gasteiger partial charge in [0.2, 0.25) is 0 Å². The van der Waals surface area contributed by atoms with Crippen molar-refractivity contribution < 1.29 is 4.79 Å². The second-order valence-corrected chi connectivity index (χ2v) is 5.94. The summed E-state index contributed by atoms with van der Waals surface area (Å²) >= 11 is 3.49. The summed E-state index contributed by atoms with van der Waals surface area (Å²) in [5.74, 6) is 0.158. The van der Waals surface area contributed by atoms with Crippen molar-refractivity contribution in [2.45, 2.75) is 20.3 Å². The zero-order valence-corrected chi connectivity index (χ0v) is 13.3. The first-order valence-electron chi connectivity index (χ1n) is 6.51. The molecule has 0 amide bonds. The van der Waals surface area contributed by atoms with Gasteiger partial charge in [0, 0.05) is 10.9 Å². The molecule has 0 unspecified atom stereocenters. The molecule has 0 N–H and O–H groups in total. The summed E-state index contributed by atoms with van der Waals surface area (Å²) in [5, 5.41) is 0. The fraction of sp³-hybridized carbons (Fsp3) is 0.167. The molecule has 2 aromatic carbocycles. The van der Waals surface area contributed by atoms with Gasteiger partial charge in [0.1, 0.15) is 5.78 Å². The van der Waals surface area contributed by atoms with Gasteiger partial charge in [-0.25, -0.2) is 0 Å². The fourth-order valence-corrected chi connectivity index (χ4v) is 2.52. The Morgan fingerprint density at radius 3 is 2.40 bits per heavy atom. The number of hydrogen-bond acceptors (Lipinski definition) is 1. The van der Waals surface area contributed by atoms with E-state index in [9.17, 15) is 4.79 Å². The van der Waals surface area contributed by atoms with Crippen molar-refractivity contribution in [2.24, 2.45) is 0 Å². The first-order valence-corrected chi connectivity index (χ1v) is 7.31. The van der Waals surface area contributed by atoms with E-state index in [1.54, 1.807) is 6.92 Å². The zero-order chi connectivity index (χ0) is 14.7. The van der Waals surface area contributed by atoms with Gasteiger partial charge in [-0.2, -0.15) is 0 Å². The minimum Gasteiger partial charge on any atom is -0.300 e. The van der Waals surface area contributed by atoms with Crippen LogP contribution in [0.5, 0.6) is 0 Å². The molecule has 0 bridgehead atoms. The lowest BCUT2D eigenvalue weighted by molar-refractivity contribution is -0.116. The number of Topliss-reactive ketones (excluding diaryl/α,β-unsaturated/α-hetero) is 1. The maximum atomic E-state index is 11.4. The van der Waals surface area contributed by atoms with Crippen LogP contribution in [0.3, 0.4) is 0 Å². The largest absolute Gasteiger partial charge is 0.300 e. The highest BCUT2D eigenvalue weighted by Gasteiger charge is 2.10. The molecule has 0 radical (unpaired) electrons. The van der Waals surface area contributed by atoms with Gasteiger partial charge < -0.3 is 0 Å². The number of ketones is 1. The Bertz CT molecular complexity index is 654. The highest BCUT2D eigenvalue weighted by molar-refractivity contribution is 9.10. The summed E-state index contributed by atoms with van der Waals surface area (Å²) in [5.41, 5.74) is 5.30. The van der Waals surface area contributed by atoms with E-state index < -0.39 is 0 Å². The normalized spacial score (nSPS) is 10.3. The number of halogens is 1. The number of benzene rings is 2. The molecule has 2 heteroatoms. The topological polar surface area (TPSA) is 17.1 Å². The first-order chi connectivity index (χ1) is 9.47. The van der Waals surface area contributed by atoms with Crippen LogP contribution in [-0.2, 0) is 11.2 Å². The molecule has 0 spiro atoms. The fourth-order valence-electron chi connectivity index (χ4n) is 2.16. The van der Waals surface area contributed by atoms with E-state index in [1.165, 1.54) is 5.56 Å². The van der Waals surface area contributed by atoms with E-state index in [4.69, 9.17) is 0 Å². The Labute approximate surface area is 128 Å². The summed E-state index contributed by atoms with van der Waals surface area (Å²) in [6.07, 6.45) is 0.438. The Balaban J connectivity index is 2.44. The van der Waals surface area contributed by atoms with Gasteiger partial charge in [0.15, 0.2) is 0 Å². The Morgan fingerprint density at radius 1 is 1.15 bits per heavy atom. The van der Waals surface area contributed by atoms with E-state index in [2.05, 4.69) is 53.7 Å². The van der Waals surface area contributed by atoms with Crippen molar-refractivity contribution in [1.29, 1.82) is 0 Å². The van der Waals surface area contributed by atoms with E-state index in [0.29, 0.717) is 6.42 Å². The summed E-state index contributed by atoms with van der Waals surface area (Å²) in [6.45, 7) is 7.88. The molecule has 0 atom stereocenters. The van der Waals surface area contributed by atoms with E-state index >= 15 is 0 Å². The van der Waals surface area contributed by atoms with Crippen LogP contribution in [0.1, 0.15) is 29.2 Å². The standard InChI is InChI=1S/C18H17BrO/c1-12-4-6-15(7-5-12)14(3)18-11-17(19)9-8-16(18)10-13(2)20/h4-9,11H,3,10H2,1-2H3. The third-order valence-electron chi connectivity index (χ3n) is 3.24. The van der Waals surface area contributed by atoms with Crippen molar-refractivity contribution in [3.8, 4) is 0 Å². The molecule has 2 rings (SSSR count). The predicted molar refractivity (Wildman–Crippen MR) is 87.8 cm³/mol. The summed E-state index contributed by atoms with van der Waals surface area (Å²) in [4.78, 5) is 11.4. The molecule has 2 aromatic rings. The molecular weight excluding hydrogens is 312 g/mol. The monoisotopic (exact) mass is 328 g/mol. The second-order valence-electron chi connectivity index (χ2n) is 5.02. The number of aryl methyl sites for hydroxylation is 1. The minimum atomic E-state index is 0.158. The molecule has 1 nitrogen and oxygen atoms in total. The van der Waals surface area contributed by atoms with Gasteiger partial charge in [-0.1, -0.05) is 58.4 Å². The predicted octanol–water partition coefficient (Wildman–Crippen LogP) is 4.95. The highest BCUT2D eigenvalue weighted by atomic mass is 79.9. The van der Waals surface area contributed by atoms with Gasteiger partial charge in [0.05, 0.1) is 0 Å². The van der Waals surface area contributed by atoms with Crippen LogP contribution in [0.4, 0.5) is 0 Å². The van der Waals surface area contributed by atoms with E-state index in [-0.39, 0.29) is 5.78 Å². The zero-order valence-electron chi connectivity index (χ0n) is 11.7. The van der Waals surface area contributed by atoms with Crippen LogP contribution < -0.4 is 0 Å². The molecule has 0 aromatic heterocycles. The lowest BCUT2D eigenvalue weighted by Crippen LogP contribution is -2.01. The maximum Gasteiger partial charge on any atom is 0.134 e. The third-order valence-corrected chi connectivity index (χ3v) is 3.73. The van der Waals surface area contributed by atoms with Crippen LogP contribution in [0, 0.1) is 6.92 Å². The lowest BCUT2D eigenvalue weighted by Gasteiger charge is -2.12. The lowest BCUT2D eigenvalue weighted by atomic mass is 9.93. The van der Waals surface area contributed by atoms with Gasteiger partial charge in [0.25, 0.3) is 0 Å². The first kappa shape index (κ1) is 14.7. The van der Waals surface area contributed by atoms with Crippen molar-refractivity contribution in [3.05, 3.63) is 75.8 Å². The molecular formula is C18H17BrO. The molecule has 0 aliphatic carbocycles. The molecule has 0 aliphatic rings. The van der Waals surface area contributed by atoms with E-state index in [1.807, 2.05) is 18.2 Å². The van der Waals surface area contributed by atoms with Crippen molar-refractivity contribution in [3.63, 3.8) is 0 Å². The average Bonchev–Trinajstić information content (AvgIpc) is 2.40. The van der Waals surface area contributed by atoms with Crippen molar-refractivity contribution >= 4 is 27.3 Å².